The normalized spacial score (nSPS) is 11.1. The number of H-pyrrole nitrogens is 1. The monoisotopic (exact) mass is 468 g/mol. The minimum absolute atomic E-state index is 0.145. The molecule has 0 bridgehead atoms. The maximum atomic E-state index is 12.7. The molecule has 3 rings (SSSR count). The maximum absolute atomic E-state index is 12.7. The van der Waals surface area contributed by atoms with Crippen molar-refractivity contribution in [2.24, 2.45) is 5.73 Å². The van der Waals surface area contributed by atoms with Gasteiger partial charge >= 0.3 is 5.69 Å². The second kappa shape index (κ2) is 11.4. The highest BCUT2D eigenvalue weighted by Crippen LogP contribution is 2.16. The minimum atomic E-state index is -0.535. The second-order valence-electron chi connectivity index (χ2n) is 8.31. The summed E-state index contributed by atoms with van der Waals surface area (Å²) in [6.45, 7) is 5.19. The van der Waals surface area contributed by atoms with Gasteiger partial charge in [0.05, 0.1) is 0 Å². The molecule has 0 atom stereocenters. The Morgan fingerprint density at radius 3 is 2.32 bits per heavy atom. The van der Waals surface area contributed by atoms with Crippen LogP contribution in [0.4, 0.5) is 5.69 Å². The van der Waals surface area contributed by atoms with Gasteiger partial charge in [-0.3, -0.25) is 23.9 Å². The zero-order valence-electron chi connectivity index (χ0n) is 19.7. The largest absolute Gasteiger partial charge is 0.366 e. The number of hydrogen-bond acceptors (Lipinski definition) is 5. The lowest BCUT2D eigenvalue weighted by atomic mass is 10.2. The number of rotatable bonds is 12. The summed E-state index contributed by atoms with van der Waals surface area (Å²) in [6.07, 6.45) is 5.03. The number of benzene rings is 1. The molecule has 4 N–H and O–H groups in total. The van der Waals surface area contributed by atoms with E-state index in [2.05, 4.69) is 22.2 Å². The second-order valence-corrected chi connectivity index (χ2v) is 8.31. The number of nitrogens with one attached hydrogen (secondary N) is 2. The van der Waals surface area contributed by atoms with Crippen LogP contribution in [0.5, 0.6) is 0 Å². The molecule has 0 saturated heterocycles. The van der Waals surface area contributed by atoms with Gasteiger partial charge in [-0.2, -0.15) is 0 Å². The third kappa shape index (κ3) is 5.81. The summed E-state index contributed by atoms with van der Waals surface area (Å²) in [7, 11) is 0. The predicted octanol–water partition coefficient (Wildman–Crippen LogP) is 2.55. The van der Waals surface area contributed by atoms with Crippen LogP contribution in [0, 0.1) is 0 Å². The van der Waals surface area contributed by atoms with Gasteiger partial charge in [-0.15, -0.1) is 0 Å². The Labute approximate surface area is 197 Å². The Kier molecular flexibility index (Phi) is 8.39. The van der Waals surface area contributed by atoms with Crippen molar-refractivity contribution in [3.8, 4) is 0 Å². The van der Waals surface area contributed by atoms with Crippen molar-refractivity contribution in [1.29, 1.82) is 0 Å². The summed E-state index contributed by atoms with van der Waals surface area (Å²) in [4.78, 5) is 56.0. The molecule has 0 radical (unpaired) electrons. The number of carbonyl (C=O) groups is 2. The van der Waals surface area contributed by atoms with Crippen LogP contribution < -0.4 is 22.3 Å². The number of fused-ring (bicyclic) bond motifs is 1. The average molecular weight is 469 g/mol. The Morgan fingerprint density at radius 1 is 1.00 bits per heavy atom. The van der Waals surface area contributed by atoms with Gasteiger partial charge in [0.15, 0.2) is 11.2 Å². The van der Waals surface area contributed by atoms with Crippen LogP contribution in [-0.4, -0.2) is 30.9 Å². The number of aromatic nitrogens is 4. The van der Waals surface area contributed by atoms with Crippen molar-refractivity contribution in [2.75, 3.05) is 5.32 Å². The van der Waals surface area contributed by atoms with Crippen molar-refractivity contribution in [3.05, 3.63) is 56.5 Å². The van der Waals surface area contributed by atoms with Crippen LogP contribution in [0.1, 0.15) is 68.6 Å². The summed E-state index contributed by atoms with van der Waals surface area (Å²) in [6, 6.07) is 6.33. The highest BCUT2D eigenvalue weighted by Gasteiger charge is 2.19. The number of unbranched alkanes of at least 4 members (excludes halogenated alkanes) is 3. The summed E-state index contributed by atoms with van der Waals surface area (Å²) < 4.78 is 3.36. The molecule has 0 saturated carbocycles. The molecule has 0 aliphatic carbocycles. The summed E-state index contributed by atoms with van der Waals surface area (Å²) in [5.41, 5.74) is 5.98. The molecule has 10 nitrogen and oxygen atoms in total. The van der Waals surface area contributed by atoms with E-state index in [0.717, 1.165) is 32.1 Å². The predicted molar refractivity (Wildman–Crippen MR) is 131 cm³/mol. The molecule has 0 unspecified atom stereocenters. The fourth-order valence-electron chi connectivity index (χ4n) is 3.86. The van der Waals surface area contributed by atoms with E-state index in [1.165, 1.54) is 4.57 Å². The van der Waals surface area contributed by atoms with E-state index >= 15 is 0 Å². The Bertz CT molecular complexity index is 1270. The van der Waals surface area contributed by atoms with E-state index in [1.54, 1.807) is 24.3 Å². The Balaban J connectivity index is 1.86. The fraction of sp³-hybridized carbons (Fsp3) is 0.458. The molecule has 1 aromatic carbocycles. The van der Waals surface area contributed by atoms with Gasteiger partial charge in [-0.05, 0) is 37.1 Å². The lowest BCUT2D eigenvalue weighted by Crippen LogP contribution is -2.31. The number of anilines is 1. The van der Waals surface area contributed by atoms with E-state index < -0.39 is 17.2 Å². The first-order valence-corrected chi connectivity index (χ1v) is 11.8. The highest BCUT2D eigenvalue weighted by atomic mass is 16.2. The molecule has 2 amide bonds. The van der Waals surface area contributed by atoms with E-state index in [9.17, 15) is 19.2 Å². The number of hydrogen-bond donors (Lipinski definition) is 3. The molecule has 0 aliphatic rings. The van der Waals surface area contributed by atoms with Crippen molar-refractivity contribution >= 4 is 28.7 Å². The van der Waals surface area contributed by atoms with Crippen LogP contribution in [0.3, 0.4) is 0 Å². The number of nitrogens with two attached hydrogens (primary N) is 1. The van der Waals surface area contributed by atoms with Crippen LogP contribution >= 0.6 is 0 Å². The average Bonchev–Trinajstić information content (AvgIpc) is 3.17. The number of primary amides is 1. The lowest BCUT2D eigenvalue weighted by molar-refractivity contribution is -0.116. The molecule has 182 valence electrons. The van der Waals surface area contributed by atoms with Crippen molar-refractivity contribution in [1.82, 2.24) is 19.1 Å². The molecule has 2 heterocycles. The smallest absolute Gasteiger partial charge is 0.330 e. The molecular formula is C24H32N6O4. The quantitative estimate of drug-likeness (QED) is 0.350. The van der Waals surface area contributed by atoms with Gasteiger partial charge in [0.2, 0.25) is 11.8 Å². The molecule has 0 aliphatic heterocycles. The van der Waals surface area contributed by atoms with Crippen molar-refractivity contribution in [2.45, 2.75) is 71.9 Å². The van der Waals surface area contributed by atoms with E-state index in [1.807, 2.05) is 11.5 Å². The molecule has 0 fully saturated rings. The van der Waals surface area contributed by atoms with Crippen LogP contribution in [0.15, 0.2) is 33.9 Å². The van der Waals surface area contributed by atoms with Crippen LogP contribution in [0.2, 0.25) is 0 Å². The number of aryl methyl sites for hydroxylation is 3. The number of nitrogens with zero attached hydrogens (tertiary/aromatic N) is 3. The van der Waals surface area contributed by atoms with E-state index in [0.29, 0.717) is 47.7 Å². The lowest BCUT2D eigenvalue weighted by Gasteiger charge is -2.09. The molecule has 3 aromatic rings. The molecule has 10 heteroatoms. The van der Waals surface area contributed by atoms with Gasteiger partial charge in [0.1, 0.15) is 5.82 Å². The van der Waals surface area contributed by atoms with Gasteiger partial charge in [0, 0.05) is 37.2 Å². The zero-order valence-corrected chi connectivity index (χ0v) is 19.7. The number of imidazole rings is 1. The van der Waals surface area contributed by atoms with Gasteiger partial charge < -0.3 is 15.6 Å². The van der Waals surface area contributed by atoms with Gasteiger partial charge in [-0.1, -0.05) is 33.1 Å². The van der Waals surface area contributed by atoms with Crippen LogP contribution in [0.25, 0.3) is 11.2 Å². The molecular weight excluding hydrogens is 436 g/mol. The fourth-order valence-corrected chi connectivity index (χ4v) is 3.86. The molecule has 0 spiro atoms. The SMILES string of the molecule is CCCCCn1c(CCC(=O)Nc2ccc(C(N)=O)cc2)nc2c1c(=O)[nH]c(=O)n2CCCC. The minimum Gasteiger partial charge on any atom is -0.366 e. The Hall–Kier alpha value is -3.69. The van der Waals surface area contributed by atoms with Crippen molar-refractivity contribution < 1.29 is 9.59 Å². The van der Waals surface area contributed by atoms with Gasteiger partial charge in [0.25, 0.3) is 5.56 Å². The molecule has 34 heavy (non-hydrogen) atoms. The summed E-state index contributed by atoms with van der Waals surface area (Å²) in [5.74, 6) is -0.157. The summed E-state index contributed by atoms with van der Waals surface area (Å²) >= 11 is 0. The zero-order chi connectivity index (χ0) is 24.7. The Morgan fingerprint density at radius 2 is 1.68 bits per heavy atom. The van der Waals surface area contributed by atoms with E-state index in [-0.39, 0.29) is 12.3 Å². The standard InChI is InChI=1S/C24H32N6O4/c1-3-5-7-15-29-18(12-13-19(31)26-17-10-8-16(9-11-17)21(25)32)27-22-20(29)23(33)28-24(34)30(22)14-6-4-2/h8-11H,3-7,12-15H2,1-2H3,(H2,25,32)(H,26,31)(H,28,33,34). The topological polar surface area (TPSA) is 145 Å². The summed E-state index contributed by atoms with van der Waals surface area (Å²) in [5, 5.41) is 2.79. The van der Waals surface area contributed by atoms with Gasteiger partial charge in [-0.25, -0.2) is 9.78 Å². The molecule has 2 aromatic heterocycles. The maximum Gasteiger partial charge on any atom is 0.330 e. The van der Waals surface area contributed by atoms with Crippen molar-refractivity contribution in [3.63, 3.8) is 0 Å². The first-order chi connectivity index (χ1) is 16.3. The third-order valence-electron chi connectivity index (χ3n) is 5.71. The number of carbonyl (C=O) groups excluding carboxylic acids is 2. The third-order valence-corrected chi connectivity index (χ3v) is 5.71. The number of aromatic amines is 1. The van der Waals surface area contributed by atoms with E-state index in [4.69, 9.17) is 5.73 Å². The first-order valence-electron chi connectivity index (χ1n) is 11.8. The first kappa shape index (κ1) is 24.9. The highest BCUT2D eigenvalue weighted by molar-refractivity contribution is 5.94. The van der Waals surface area contributed by atoms with Crippen LogP contribution in [-0.2, 0) is 24.3 Å². The number of amides is 2.